The molecular weight excluding hydrogens is 308 g/mol. The maximum Gasteiger partial charge on any atom is 0.272 e. The van der Waals surface area contributed by atoms with Crippen molar-refractivity contribution in [1.82, 2.24) is 0 Å². The van der Waals surface area contributed by atoms with E-state index in [9.17, 15) is 13.0 Å². The van der Waals surface area contributed by atoms with E-state index in [4.69, 9.17) is 0 Å². The molecule has 2 aromatic carbocycles. The molecule has 0 bridgehead atoms. The summed E-state index contributed by atoms with van der Waals surface area (Å²) in [4.78, 5) is 0. The summed E-state index contributed by atoms with van der Waals surface area (Å²) < 4.78 is 33.0. The average molecular weight is 326 g/mol. The van der Waals surface area contributed by atoms with Gasteiger partial charge in [0.2, 0.25) is 0 Å². The van der Waals surface area contributed by atoms with Crippen LogP contribution >= 0.6 is 0 Å². The standard InChI is InChI=1S/C19H18O3S/c1-19(14-6-5-9-18(19)23(20,21)22)17-12-10-16(11-13-17)15-7-3-2-4-8-15/h2-14,18H,1H3,(H,20,21,22). The Balaban J connectivity index is 2.01. The molecule has 23 heavy (non-hydrogen) atoms. The van der Waals surface area contributed by atoms with Crippen molar-refractivity contribution in [2.24, 2.45) is 0 Å². The van der Waals surface area contributed by atoms with Crippen molar-refractivity contribution in [3.8, 4) is 11.1 Å². The molecule has 0 saturated heterocycles. The van der Waals surface area contributed by atoms with E-state index < -0.39 is 20.8 Å². The molecule has 0 spiro atoms. The highest BCUT2D eigenvalue weighted by Gasteiger charge is 2.41. The highest BCUT2D eigenvalue weighted by Crippen LogP contribution is 2.37. The molecule has 1 aliphatic carbocycles. The summed E-state index contributed by atoms with van der Waals surface area (Å²) in [6.45, 7) is 1.82. The molecular formula is C19H18O3S. The molecule has 0 aliphatic heterocycles. The average Bonchev–Trinajstić information content (AvgIpc) is 2.55. The van der Waals surface area contributed by atoms with Crippen molar-refractivity contribution in [3.05, 3.63) is 84.5 Å². The van der Waals surface area contributed by atoms with E-state index in [0.717, 1.165) is 16.7 Å². The lowest BCUT2D eigenvalue weighted by atomic mass is 9.76. The fourth-order valence-corrected chi connectivity index (χ4v) is 4.16. The van der Waals surface area contributed by atoms with Crippen molar-refractivity contribution in [3.63, 3.8) is 0 Å². The van der Waals surface area contributed by atoms with Crippen LogP contribution in [-0.2, 0) is 15.5 Å². The quantitative estimate of drug-likeness (QED) is 0.868. The molecule has 1 N–H and O–H groups in total. The first-order valence-corrected chi connectivity index (χ1v) is 8.90. The SMILES string of the molecule is CC1(c2ccc(-c3ccccc3)cc2)C=CC=CC1S(=O)(=O)O. The summed E-state index contributed by atoms with van der Waals surface area (Å²) in [5, 5.41) is -0.984. The lowest BCUT2D eigenvalue weighted by Crippen LogP contribution is -2.40. The predicted octanol–water partition coefficient (Wildman–Crippen LogP) is 3.99. The van der Waals surface area contributed by atoms with E-state index >= 15 is 0 Å². The van der Waals surface area contributed by atoms with Crippen LogP contribution in [0.3, 0.4) is 0 Å². The molecule has 0 amide bonds. The zero-order valence-electron chi connectivity index (χ0n) is 12.8. The summed E-state index contributed by atoms with van der Waals surface area (Å²) in [5.74, 6) is 0. The molecule has 0 aromatic heterocycles. The minimum absolute atomic E-state index is 0.794. The summed E-state index contributed by atoms with van der Waals surface area (Å²) in [6, 6.07) is 17.8. The summed E-state index contributed by atoms with van der Waals surface area (Å²) in [7, 11) is -4.18. The number of allylic oxidation sites excluding steroid dienone is 3. The second kappa shape index (κ2) is 5.80. The van der Waals surface area contributed by atoms with Crippen molar-refractivity contribution in [1.29, 1.82) is 0 Å². The first kappa shape index (κ1) is 15.7. The van der Waals surface area contributed by atoms with Gasteiger partial charge in [0.1, 0.15) is 5.25 Å². The Morgan fingerprint density at radius 2 is 1.52 bits per heavy atom. The normalized spacial score (nSPS) is 23.8. The molecule has 2 aromatic rings. The summed E-state index contributed by atoms with van der Waals surface area (Å²) >= 11 is 0. The van der Waals surface area contributed by atoms with Gasteiger partial charge in [0.15, 0.2) is 0 Å². The number of benzene rings is 2. The topological polar surface area (TPSA) is 54.4 Å². The number of hydrogen-bond donors (Lipinski definition) is 1. The summed E-state index contributed by atoms with van der Waals surface area (Å²) in [5.41, 5.74) is 2.23. The third-order valence-electron chi connectivity index (χ3n) is 4.37. The van der Waals surface area contributed by atoms with Gasteiger partial charge >= 0.3 is 0 Å². The van der Waals surface area contributed by atoms with Gasteiger partial charge in [0.05, 0.1) is 0 Å². The van der Waals surface area contributed by atoms with Gasteiger partial charge in [-0.15, -0.1) is 0 Å². The van der Waals surface area contributed by atoms with E-state index in [1.54, 1.807) is 6.08 Å². The number of hydrogen-bond acceptors (Lipinski definition) is 2. The molecule has 3 rings (SSSR count). The lowest BCUT2D eigenvalue weighted by molar-refractivity contribution is 0.450. The van der Waals surface area contributed by atoms with Gasteiger partial charge in [-0.05, 0) is 16.7 Å². The zero-order valence-corrected chi connectivity index (χ0v) is 13.6. The minimum atomic E-state index is -4.18. The molecule has 2 atom stereocenters. The van der Waals surface area contributed by atoms with E-state index in [1.165, 1.54) is 6.08 Å². The van der Waals surface area contributed by atoms with E-state index in [-0.39, 0.29) is 0 Å². The molecule has 3 nitrogen and oxygen atoms in total. The molecule has 0 fully saturated rings. The Kier molecular flexibility index (Phi) is 3.96. The summed E-state index contributed by atoms with van der Waals surface area (Å²) in [6.07, 6.45) is 6.81. The molecule has 0 heterocycles. The smallest absolute Gasteiger partial charge is 0.272 e. The second-order valence-corrected chi connectivity index (χ2v) is 7.44. The first-order chi connectivity index (χ1) is 10.9. The van der Waals surface area contributed by atoms with Gasteiger partial charge in [-0.1, -0.05) is 85.8 Å². The third-order valence-corrected chi connectivity index (χ3v) is 5.65. The molecule has 2 unspecified atom stereocenters. The zero-order chi connectivity index (χ0) is 16.5. The first-order valence-electron chi connectivity index (χ1n) is 7.39. The Hall–Kier alpha value is -2.17. The van der Waals surface area contributed by atoms with Gasteiger partial charge in [-0.3, -0.25) is 4.55 Å². The van der Waals surface area contributed by atoms with Gasteiger partial charge in [-0.2, -0.15) is 8.42 Å². The van der Waals surface area contributed by atoms with Crippen LogP contribution in [-0.4, -0.2) is 18.2 Å². The van der Waals surface area contributed by atoms with Crippen molar-refractivity contribution in [2.45, 2.75) is 17.6 Å². The number of rotatable bonds is 3. The molecule has 0 radical (unpaired) electrons. The lowest BCUT2D eigenvalue weighted by Gasteiger charge is -2.33. The third kappa shape index (κ3) is 3.00. The fourth-order valence-electron chi connectivity index (χ4n) is 3.04. The maximum absolute atomic E-state index is 11.7. The Morgan fingerprint density at radius 3 is 2.13 bits per heavy atom. The monoisotopic (exact) mass is 326 g/mol. The van der Waals surface area contributed by atoms with Crippen LogP contribution < -0.4 is 0 Å². The van der Waals surface area contributed by atoms with Gasteiger partial charge < -0.3 is 0 Å². The van der Waals surface area contributed by atoms with Crippen LogP contribution in [0.4, 0.5) is 0 Å². The van der Waals surface area contributed by atoms with E-state index in [2.05, 4.69) is 0 Å². The fraction of sp³-hybridized carbons (Fsp3) is 0.158. The van der Waals surface area contributed by atoms with E-state index in [0.29, 0.717) is 0 Å². The second-order valence-electron chi connectivity index (χ2n) is 5.91. The highest BCUT2D eigenvalue weighted by atomic mass is 32.2. The van der Waals surface area contributed by atoms with Crippen molar-refractivity contribution < 1.29 is 13.0 Å². The Morgan fingerprint density at radius 1 is 0.913 bits per heavy atom. The van der Waals surface area contributed by atoms with Crippen molar-refractivity contribution in [2.75, 3.05) is 0 Å². The largest absolute Gasteiger partial charge is 0.285 e. The van der Waals surface area contributed by atoms with Crippen LogP contribution in [0.5, 0.6) is 0 Å². The minimum Gasteiger partial charge on any atom is -0.285 e. The van der Waals surface area contributed by atoms with Crippen LogP contribution in [0.1, 0.15) is 12.5 Å². The van der Waals surface area contributed by atoms with Gasteiger partial charge in [-0.25, -0.2) is 0 Å². The Bertz CT molecular complexity index is 849. The molecule has 118 valence electrons. The molecule has 1 aliphatic rings. The highest BCUT2D eigenvalue weighted by molar-refractivity contribution is 7.86. The molecule has 0 saturated carbocycles. The van der Waals surface area contributed by atoms with Gasteiger partial charge in [0.25, 0.3) is 10.1 Å². The van der Waals surface area contributed by atoms with Crippen molar-refractivity contribution >= 4 is 10.1 Å². The van der Waals surface area contributed by atoms with Gasteiger partial charge in [0, 0.05) is 5.41 Å². The van der Waals surface area contributed by atoms with Crippen LogP contribution in [0.15, 0.2) is 78.9 Å². The van der Waals surface area contributed by atoms with Crippen LogP contribution in [0.25, 0.3) is 11.1 Å². The predicted molar refractivity (Wildman–Crippen MR) is 92.8 cm³/mol. The van der Waals surface area contributed by atoms with Crippen LogP contribution in [0.2, 0.25) is 0 Å². The molecule has 4 heteroatoms. The Labute approximate surface area is 136 Å². The maximum atomic E-state index is 11.7. The van der Waals surface area contributed by atoms with Crippen LogP contribution in [0, 0.1) is 0 Å². The van der Waals surface area contributed by atoms with E-state index in [1.807, 2.05) is 73.7 Å².